The van der Waals surface area contributed by atoms with Gasteiger partial charge in [-0.1, -0.05) is 23.9 Å². The molecule has 1 aliphatic heterocycles. The lowest BCUT2D eigenvalue weighted by atomic mass is 9.90. The standard InChI is InChI=1S/C23H26FN3O5S/c1-31-20(29)10-9-19(28)27-11-3-4-16(13-27)22-18(15-5-7-17(24)8-6-15)12-25-23(26-22)33-14-21(30)32-2/h5-8,12,16H,3-4,9-11,13-14H2,1-2H3/t16-/m0/s1. The largest absolute Gasteiger partial charge is 0.469 e. The number of piperidine rings is 1. The maximum Gasteiger partial charge on any atom is 0.316 e. The van der Waals surface area contributed by atoms with E-state index < -0.39 is 5.97 Å². The third-order valence-electron chi connectivity index (χ3n) is 5.43. The van der Waals surface area contributed by atoms with Crippen molar-refractivity contribution < 1.29 is 28.2 Å². The Labute approximate surface area is 195 Å². The molecule has 1 aromatic carbocycles. The van der Waals surface area contributed by atoms with Crippen LogP contribution in [-0.2, 0) is 23.9 Å². The molecule has 1 amide bonds. The van der Waals surface area contributed by atoms with Crippen LogP contribution in [0.1, 0.15) is 37.3 Å². The molecular formula is C23H26FN3O5S. The van der Waals surface area contributed by atoms with E-state index in [1.165, 1.54) is 38.1 Å². The number of halogens is 1. The minimum atomic E-state index is -0.418. The molecule has 8 nitrogen and oxygen atoms in total. The number of aromatic nitrogens is 2. The molecule has 2 heterocycles. The van der Waals surface area contributed by atoms with Gasteiger partial charge in [-0.3, -0.25) is 14.4 Å². The summed E-state index contributed by atoms with van der Waals surface area (Å²) in [5.74, 6) is -1.24. The Balaban J connectivity index is 1.85. The van der Waals surface area contributed by atoms with Gasteiger partial charge in [0.05, 0.1) is 32.1 Å². The summed E-state index contributed by atoms with van der Waals surface area (Å²) in [5.41, 5.74) is 2.27. The maximum atomic E-state index is 13.5. The van der Waals surface area contributed by atoms with Gasteiger partial charge in [0, 0.05) is 37.2 Å². The fraction of sp³-hybridized carbons (Fsp3) is 0.435. The van der Waals surface area contributed by atoms with Gasteiger partial charge in [-0.15, -0.1) is 0 Å². The number of rotatable bonds is 8. The first-order valence-electron chi connectivity index (χ1n) is 10.6. The van der Waals surface area contributed by atoms with Crippen LogP contribution in [0, 0.1) is 5.82 Å². The number of esters is 2. The summed E-state index contributed by atoms with van der Waals surface area (Å²) in [6.45, 7) is 1.06. The van der Waals surface area contributed by atoms with Gasteiger partial charge in [-0.25, -0.2) is 14.4 Å². The molecule has 1 aromatic heterocycles. The quantitative estimate of drug-likeness (QED) is 0.326. The van der Waals surface area contributed by atoms with E-state index in [0.717, 1.165) is 29.7 Å². The van der Waals surface area contributed by atoms with E-state index in [-0.39, 0.29) is 42.2 Å². The highest BCUT2D eigenvalue weighted by molar-refractivity contribution is 7.99. The second-order valence-electron chi connectivity index (χ2n) is 7.58. The van der Waals surface area contributed by atoms with Crippen LogP contribution in [0.25, 0.3) is 11.1 Å². The van der Waals surface area contributed by atoms with Crippen LogP contribution in [-0.4, -0.2) is 65.8 Å². The zero-order valence-corrected chi connectivity index (χ0v) is 19.4. The Morgan fingerprint density at radius 1 is 1.12 bits per heavy atom. The molecule has 0 spiro atoms. The molecule has 0 unspecified atom stereocenters. The molecular weight excluding hydrogens is 449 g/mol. The molecule has 1 fully saturated rings. The number of carbonyl (C=O) groups is 3. The minimum Gasteiger partial charge on any atom is -0.469 e. The zero-order valence-electron chi connectivity index (χ0n) is 18.6. The van der Waals surface area contributed by atoms with Crippen molar-refractivity contribution in [1.82, 2.24) is 14.9 Å². The number of hydrogen-bond acceptors (Lipinski definition) is 8. The van der Waals surface area contributed by atoms with Crippen molar-refractivity contribution >= 4 is 29.6 Å². The van der Waals surface area contributed by atoms with Crippen LogP contribution in [0.3, 0.4) is 0 Å². The topological polar surface area (TPSA) is 98.7 Å². The SMILES string of the molecule is COC(=O)CCC(=O)N1CCC[C@H](c2nc(SCC(=O)OC)ncc2-c2ccc(F)cc2)C1. The Morgan fingerprint density at radius 3 is 2.55 bits per heavy atom. The zero-order chi connectivity index (χ0) is 23.8. The molecule has 3 rings (SSSR count). The fourth-order valence-electron chi connectivity index (χ4n) is 3.69. The molecule has 1 aliphatic rings. The number of likely N-dealkylation sites (tertiary alicyclic amines) is 1. The predicted molar refractivity (Wildman–Crippen MR) is 120 cm³/mol. The number of methoxy groups -OCH3 is 2. The lowest BCUT2D eigenvalue weighted by molar-refractivity contribution is -0.143. The van der Waals surface area contributed by atoms with Crippen molar-refractivity contribution in [1.29, 1.82) is 0 Å². The van der Waals surface area contributed by atoms with Crippen LogP contribution in [0.4, 0.5) is 4.39 Å². The second kappa shape index (κ2) is 11.7. The van der Waals surface area contributed by atoms with E-state index in [2.05, 4.69) is 14.5 Å². The van der Waals surface area contributed by atoms with Crippen molar-refractivity contribution in [2.45, 2.75) is 36.8 Å². The first kappa shape index (κ1) is 24.6. The lowest BCUT2D eigenvalue weighted by Crippen LogP contribution is -2.39. The van der Waals surface area contributed by atoms with Crippen LogP contribution in [0.15, 0.2) is 35.6 Å². The molecule has 10 heteroatoms. The van der Waals surface area contributed by atoms with Crippen molar-refractivity contribution in [3.8, 4) is 11.1 Å². The average molecular weight is 476 g/mol. The van der Waals surface area contributed by atoms with Gasteiger partial charge in [-0.05, 0) is 30.5 Å². The number of amides is 1. The molecule has 0 radical (unpaired) electrons. The number of ether oxygens (including phenoxy) is 2. The van der Waals surface area contributed by atoms with Crippen molar-refractivity contribution in [2.24, 2.45) is 0 Å². The number of nitrogens with zero attached hydrogens (tertiary/aromatic N) is 3. The number of benzene rings is 1. The summed E-state index contributed by atoms with van der Waals surface area (Å²) < 4.78 is 22.8. The van der Waals surface area contributed by atoms with Gasteiger partial charge >= 0.3 is 11.9 Å². The third kappa shape index (κ3) is 6.74. The van der Waals surface area contributed by atoms with Crippen LogP contribution >= 0.6 is 11.8 Å². The molecule has 33 heavy (non-hydrogen) atoms. The molecule has 0 aliphatic carbocycles. The highest BCUT2D eigenvalue weighted by Crippen LogP contribution is 2.34. The van der Waals surface area contributed by atoms with Crippen molar-refractivity contribution in [3.63, 3.8) is 0 Å². The highest BCUT2D eigenvalue weighted by Gasteiger charge is 2.28. The van der Waals surface area contributed by atoms with Crippen molar-refractivity contribution in [2.75, 3.05) is 33.1 Å². The summed E-state index contributed by atoms with van der Waals surface area (Å²) in [4.78, 5) is 46.4. The van der Waals surface area contributed by atoms with Crippen molar-refractivity contribution in [3.05, 3.63) is 42.0 Å². The molecule has 0 saturated carbocycles. The summed E-state index contributed by atoms with van der Waals surface area (Å²) in [6, 6.07) is 6.09. The van der Waals surface area contributed by atoms with Gasteiger partial charge in [-0.2, -0.15) is 0 Å². The first-order valence-corrected chi connectivity index (χ1v) is 11.6. The smallest absolute Gasteiger partial charge is 0.316 e. The maximum absolute atomic E-state index is 13.5. The van der Waals surface area contributed by atoms with E-state index in [4.69, 9.17) is 4.98 Å². The number of thioether (sulfide) groups is 1. The second-order valence-corrected chi connectivity index (χ2v) is 8.52. The van der Waals surface area contributed by atoms with E-state index >= 15 is 0 Å². The Morgan fingerprint density at radius 2 is 1.85 bits per heavy atom. The molecule has 1 saturated heterocycles. The molecule has 0 bridgehead atoms. The minimum absolute atomic E-state index is 0.0408. The predicted octanol–water partition coefficient (Wildman–Crippen LogP) is 3.21. The molecule has 1 atom stereocenters. The van der Waals surface area contributed by atoms with Gasteiger partial charge in [0.2, 0.25) is 5.91 Å². The number of hydrogen-bond donors (Lipinski definition) is 0. The molecule has 176 valence electrons. The van der Waals surface area contributed by atoms with Gasteiger partial charge in [0.15, 0.2) is 5.16 Å². The molecule has 0 N–H and O–H groups in total. The van der Waals surface area contributed by atoms with E-state index in [0.29, 0.717) is 18.2 Å². The van der Waals surface area contributed by atoms with Crippen LogP contribution < -0.4 is 0 Å². The van der Waals surface area contributed by atoms with E-state index in [9.17, 15) is 18.8 Å². The number of carbonyl (C=O) groups excluding carboxylic acids is 3. The van der Waals surface area contributed by atoms with E-state index in [1.54, 1.807) is 23.2 Å². The summed E-state index contributed by atoms with van der Waals surface area (Å²) in [5, 5.41) is 0.426. The van der Waals surface area contributed by atoms with Gasteiger partial charge in [0.1, 0.15) is 5.82 Å². The highest BCUT2D eigenvalue weighted by atomic mass is 32.2. The monoisotopic (exact) mass is 475 g/mol. The van der Waals surface area contributed by atoms with Crippen LogP contribution in [0.2, 0.25) is 0 Å². The Hall–Kier alpha value is -3.01. The normalized spacial score (nSPS) is 15.7. The summed E-state index contributed by atoms with van der Waals surface area (Å²) in [6.07, 6.45) is 3.40. The summed E-state index contributed by atoms with van der Waals surface area (Å²) >= 11 is 1.17. The van der Waals surface area contributed by atoms with Gasteiger partial charge in [0.25, 0.3) is 0 Å². The molecule has 2 aromatic rings. The summed E-state index contributed by atoms with van der Waals surface area (Å²) in [7, 11) is 2.62. The van der Waals surface area contributed by atoms with Gasteiger partial charge < -0.3 is 14.4 Å². The Kier molecular flexibility index (Phi) is 8.76. The average Bonchev–Trinajstić information content (AvgIpc) is 2.86. The third-order valence-corrected chi connectivity index (χ3v) is 6.26. The first-order chi connectivity index (χ1) is 15.9. The van der Waals surface area contributed by atoms with E-state index in [1.807, 2.05) is 0 Å². The van der Waals surface area contributed by atoms with Crippen LogP contribution in [0.5, 0.6) is 0 Å². The fourth-order valence-corrected chi connectivity index (χ4v) is 4.34. The lowest BCUT2D eigenvalue weighted by Gasteiger charge is -2.33. The Bertz CT molecular complexity index is 1000.